The van der Waals surface area contributed by atoms with Gasteiger partial charge in [-0.05, 0) is 0 Å². The lowest BCUT2D eigenvalue weighted by molar-refractivity contribution is 0.383. The van der Waals surface area contributed by atoms with Gasteiger partial charge in [-0.15, -0.1) is 12.3 Å². The van der Waals surface area contributed by atoms with Crippen LogP contribution in [0.5, 0.6) is 0 Å². The number of oxime groups is 1. The fourth-order valence-electron chi connectivity index (χ4n) is 0.661. The molecule has 0 spiro atoms. The molecule has 4 nitrogen and oxygen atoms in total. The molecule has 0 aliphatic carbocycles. The largest absolute Gasteiger partial charge is 0.338 e. The zero-order chi connectivity index (χ0) is 8.27. The summed E-state index contributed by atoms with van der Waals surface area (Å²) in [4.78, 5) is 0. The summed E-state index contributed by atoms with van der Waals surface area (Å²) in [6.07, 6.45) is 5.64. The molecule has 0 fully saturated rings. The highest BCUT2D eigenvalue weighted by Crippen LogP contribution is 2.07. The fourth-order valence-corrected chi connectivity index (χ4v) is 1.26. The van der Waals surface area contributed by atoms with E-state index < -0.39 is 11.3 Å². The fraction of sp³-hybridized carbons (Fsp3) is 0.500. The maximum atomic E-state index is 10.6. The highest BCUT2D eigenvalue weighted by atomic mass is 32.2. The Morgan fingerprint density at radius 1 is 2.00 bits per heavy atom. The van der Waals surface area contributed by atoms with Gasteiger partial charge in [-0.3, -0.25) is 9.01 Å². The lowest BCUT2D eigenvalue weighted by atomic mass is 10.1. The van der Waals surface area contributed by atoms with Crippen molar-refractivity contribution in [3.8, 4) is 12.3 Å². The second-order valence-corrected chi connectivity index (χ2v) is 3.02. The first-order valence-corrected chi connectivity index (χ1v) is 4.19. The van der Waals surface area contributed by atoms with Crippen LogP contribution in [0.15, 0.2) is 5.16 Å². The van der Waals surface area contributed by atoms with E-state index in [-0.39, 0.29) is 5.92 Å². The van der Waals surface area contributed by atoms with Crippen LogP contribution in [0.1, 0.15) is 13.3 Å². The zero-order valence-corrected chi connectivity index (χ0v) is 6.85. The van der Waals surface area contributed by atoms with Crippen molar-refractivity contribution >= 4 is 17.1 Å². The average molecular weight is 172 g/mol. The summed E-state index contributed by atoms with van der Waals surface area (Å²) in [6, 6.07) is 0. The molecule has 1 rings (SSSR count). The predicted molar refractivity (Wildman–Crippen MR) is 42.4 cm³/mol. The van der Waals surface area contributed by atoms with Crippen LogP contribution in [0.25, 0.3) is 0 Å². The van der Waals surface area contributed by atoms with Crippen molar-refractivity contribution in [1.29, 1.82) is 0 Å². The van der Waals surface area contributed by atoms with Gasteiger partial charge < -0.3 is 0 Å². The van der Waals surface area contributed by atoms with Crippen LogP contribution in [0.3, 0.4) is 0 Å². The Balaban J connectivity index is 2.50. The monoisotopic (exact) mass is 172 g/mol. The number of amidine groups is 1. The first kappa shape index (κ1) is 8.08. The summed E-state index contributed by atoms with van der Waals surface area (Å²) >= 11 is -1.50. The van der Waals surface area contributed by atoms with Gasteiger partial charge in [0.15, 0.2) is 5.84 Å². The van der Waals surface area contributed by atoms with E-state index in [1.807, 2.05) is 6.92 Å². The van der Waals surface area contributed by atoms with Gasteiger partial charge in [0.05, 0.1) is 0 Å². The van der Waals surface area contributed by atoms with Gasteiger partial charge in [-0.1, -0.05) is 12.1 Å². The van der Waals surface area contributed by atoms with Crippen LogP contribution in [0.4, 0.5) is 0 Å². The summed E-state index contributed by atoms with van der Waals surface area (Å²) in [5.74, 6) is 3.12. The van der Waals surface area contributed by atoms with Crippen molar-refractivity contribution in [3.05, 3.63) is 0 Å². The van der Waals surface area contributed by atoms with Crippen LogP contribution in [-0.2, 0) is 15.6 Å². The van der Waals surface area contributed by atoms with Gasteiger partial charge in [-0.25, -0.2) is 0 Å². The van der Waals surface area contributed by atoms with Crippen molar-refractivity contribution in [3.63, 3.8) is 0 Å². The minimum absolute atomic E-state index is 0.0754. The molecule has 2 unspecified atom stereocenters. The topological polar surface area (TPSA) is 50.7 Å². The van der Waals surface area contributed by atoms with Crippen LogP contribution in [0.2, 0.25) is 0 Å². The normalized spacial score (nSPS) is 24.4. The summed E-state index contributed by atoms with van der Waals surface area (Å²) < 4.78 is 17.5. The molecule has 0 amide bonds. The molecular formula is C6H8N2O2S. The van der Waals surface area contributed by atoms with E-state index >= 15 is 0 Å². The molecule has 5 heteroatoms. The Morgan fingerprint density at radius 3 is 3.18 bits per heavy atom. The first-order valence-electron chi connectivity index (χ1n) is 3.11. The average Bonchev–Trinajstić information content (AvgIpc) is 2.36. The van der Waals surface area contributed by atoms with E-state index in [1.54, 1.807) is 0 Å². The number of hydrogen-bond acceptors (Lipinski definition) is 3. The zero-order valence-electron chi connectivity index (χ0n) is 6.03. The van der Waals surface area contributed by atoms with E-state index in [9.17, 15) is 4.21 Å². The van der Waals surface area contributed by atoms with Crippen molar-refractivity contribution in [2.75, 3.05) is 0 Å². The lowest BCUT2D eigenvalue weighted by Crippen LogP contribution is -2.25. The Morgan fingerprint density at radius 2 is 2.73 bits per heavy atom. The van der Waals surface area contributed by atoms with E-state index in [4.69, 9.17) is 6.42 Å². The first-order chi connectivity index (χ1) is 5.24. The maximum absolute atomic E-state index is 10.6. The molecule has 1 aliphatic rings. The van der Waals surface area contributed by atoms with Crippen LogP contribution >= 0.6 is 0 Å². The summed E-state index contributed by atoms with van der Waals surface area (Å²) in [6.45, 7) is 1.89. The van der Waals surface area contributed by atoms with E-state index in [2.05, 4.69) is 20.1 Å². The van der Waals surface area contributed by atoms with Crippen molar-refractivity contribution in [1.82, 2.24) is 4.72 Å². The van der Waals surface area contributed by atoms with Gasteiger partial charge in [0, 0.05) is 12.3 Å². The smallest absolute Gasteiger partial charge is 0.269 e. The minimum Gasteiger partial charge on any atom is -0.269 e. The number of nitrogens with one attached hydrogen (secondary N) is 1. The second-order valence-electron chi connectivity index (χ2n) is 2.20. The molecule has 60 valence electrons. The molecule has 1 aliphatic heterocycles. The molecule has 0 aromatic rings. The molecule has 0 saturated carbocycles. The molecular weight excluding hydrogens is 164 g/mol. The molecule has 0 saturated heterocycles. The highest BCUT2D eigenvalue weighted by Gasteiger charge is 2.19. The molecule has 0 bridgehead atoms. The third-order valence-corrected chi connectivity index (χ3v) is 1.87. The van der Waals surface area contributed by atoms with Crippen molar-refractivity contribution < 1.29 is 8.49 Å². The minimum atomic E-state index is -1.50. The molecule has 1 heterocycles. The summed E-state index contributed by atoms with van der Waals surface area (Å²) in [5, 5.41) is 3.55. The maximum Gasteiger partial charge on any atom is 0.338 e. The SMILES string of the molecule is C#CCC(C)C1=NOS(=O)N1. The number of nitrogens with zero attached hydrogens (tertiary/aromatic N) is 1. The van der Waals surface area contributed by atoms with Crippen LogP contribution in [0, 0.1) is 18.3 Å². The predicted octanol–water partition coefficient (Wildman–Crippen LogP) is 0.158. The number of rotatable bonds is 2. The summed E-state index contributed by atoms with van der Waals surface area (Å²) in [7, 11) is 0. The molecule has 2 atom stereocenters. The van der Waals surface area contributed by atoms with Crippen molar-refractivity contribution in [2.24, 2.45) is 11.1 Å². The molecule has 1 N–H and O–H groups in total. The van der Waals surface area contributed by atoms with E-state index in [0.29, 0.717) is 12.3 Å². The van der Waals surface area contributed by atoms with Crippen molar-refractivity contribution in [2.45, 2.75) is 13.3 Å². The molecule has 11 heavy (non-hydrogen) atoms. The number of hydrogen-bond donors (Lipinski definition) is 1. The molecule has 0 aromatic heterocycles. The highest BCUT2D eigenvalue weighted by molar-refractivity contribution is 7.79. The van der Waals surface area contributed by atoms with Gasteiger partial charge >= 0.3 is 11.3 Å². The quantitative estimate of drug-likeness (QED) is 0.603. The van der Waals surface area contributed by atoms with E-state index in [1.165, 1.54) is 0 Å². The van der Waals surface area contributed by atoms with Gasteiger partial charge in [0.1, 0.15) is 0 Å². The summed E-state index contributed by atoms with van der Waals surface area (Å²) in [5.41, 5.74) is 0. The number of terminal acetylenes is 1. The Bertz CT molecular complexity index is 243. The Labute approximate surface area is 67.8 Å². The van der Waals surface area contributed by atoms with Gasteiger partial charge in [0.25, 0.3) is 0 Å². The lowest BCUT2D eigenvalue weighted by Gasteiger charge is -2.02. The van der Waals surface area contributed by atoms with Crippen LogP contribution in [-0.4, -0.2) is 10.0 Å². The van der Waals surface area contributed by atoms with E-state index in [0.717, 1.165) is 0 Å². The molecule has 0 radical (unpaired) electrons. The molecule has 0 aromatic carbocycles. The van der Waals surface area contributed by atoms with Gasteiger partial charge in [-0.2, -0.15) is 4.21 Å². The second kappa shape index (κ2) is 3.39. The van der Waals surface area contributed by atoms with Gasteiger partial charge in [0.2, 0.25) is 0 Å². The third-order valence-electron chi connectivity index (χ3n) is 1.28. The van der Waals surface area contributed by atoms with Crippen LogP contribution < -0.4 is 4.72 Å². The standard InChI is InChI=1S/C6H8N2O2S/c1-3-4-5(2)6-7-10-11(9)8-6/h1,5H,4H2,2H3,(H,7,8). The Kier molecular flexibility index (Phi) is 2.49. The Hall–Kier alpha value is -1.02. The third kappa shape index (κ3) is 1.95.